The Morgan fingerprint density at radius 1 is 0.395 bits per heavy atom. The highest BCUT2D eigenvalue weighted by Crippen LogP contribution is 2.45. The van der Waals surface area contributed by atoms with E-state index in [9.17, 15) is 0 Å². The first-order valence-corrected chi connectivity index (χ1v) is 15.5. The second-order valence-corrected chi connectivity index (χ2v) is 12.4. The Morgan fingerprint density at radius 3 is 1.79 bits per heavy atom. The zero-order chi connectivity index (χ0) is 28.1. The van der Waals surface area contributed by atoms with Crippen LogP contribution in [0, 0.1) is 0 Å². The lowest BCUT2D eigenvalue weighted by Crippen LogP contribution is -1.92. The number of nitrogens with zero attached hydrogens (tertiary/aromatic N) is 2. The standard InChI is InChI=1S/C40H24N2S/c1-3-10-25(11-4-1)38-24-34-31-16-9-15-30-33-23-27(19-21-37(33)42(39(30)31)40(34)43-38)26-18-20-36-32(22-26)29-14-7-8-17-35(29)41(36)28-12-5-2-6-13-28/h1-24H. The molecular formula is C40H24N2S. The molecule has 0 N–H and O–H groups in total. The number of benzene rings is 6. The molecule has 6 aromatic carbocycles. The van der Waals surface area contributed by atoms with Crippen LogP contribution in [0.4, 0.5) is 0 Å². The van der Waals surface area contributed by atoms with Crippen LogP contribution in [0.5, 0.6) is 0 Å². The van der Waals surface area contributed by atoms with Crippen molar-refractivity contribution < 1.29 is 0 Å². The van der Waals surface area contributed by atoms with Gasteiger partial charge in [0, 0.05) is 42.9 Å². The van der Waals surface area contributed by atoms with Gasteiger partial charge in [0.25, 0.3) is 0 Å². The van der Waals surface area contributed by atoms with Crippen LogP contribution in [0.25, 0.3) is 86.5 Å². The van der Waals surface area contributed by atoms with Gasteiger partial charge in [-0.15, -0.1) is 11.3 Å². The lowest BCUT2D eigenvalue weighted by atomic mass is 10.00. The van der Waals surface area contributed by atoms with Crippen molar-refractivity contribution >= 4 is 70.6 Å². The van der Waals surface area contributed by atoms with Crippen LogP contribution < -0.4 is 0 Å². The van der Waals surface area contributed by atoms with Gasteiger partial charge in [0.05, 0.1) is 22.1 Å². The number of aromatic nitrogens is 2. The molecule has 200 valence electrons. The summed E-state index contributed by atoms with van der Waals surface area (Å²) in [5.41, 5.74) is 10.0. The minimum Gasteiger partial charge on any atom is -0.309 e. The molecule has 0 aliphatic carbocycles. The molecule has 10 aromatic rings. The molecule has 43 heavy (non-hydrogen) atoms. The summed E-state index contributed by atoms with van der Waals surface area (Å²) in [7, 11) is 0. The van der Waals surface area contributed by atoms with Gasteiger partial charge in [0.15, 0.2) is 0 Å². The lowest BCUT2D eigenvalue weighted by Gasteiger charge is -2.08. The summed E-state index contributed by atoms with van der Waals surface area (Å²) in [5.74, 6) is 0. The maximum absolute atomic E-state index is 2.49. The fourth-order valence-electron chi connectivity index (χ4n) is 7.17. The molecule has 0 aliphatic rings. The van der Waals surface area contributed by atoms with Gasteiger partial charge in [0.1, 0.15) is 4.83 Å². The summed E-state index contributed by atoms with van der Waals surface area (Å²) in [6, 6.07) is 53.2. The van der Waals surface area contributed by atoms with E-state index in [1.165, 1.54) is 86.5 Å². The molecule has 3 heteroatoms. The van der Waals surface area contributed by atoms with Crippen LogP contribution in [0.2, 0.25) is 0 Å². The minimum atomic E-state index is 1.18. The summed E-state index contributed by atoms with van der Waals surface area (Å²) in [4.78, 5) is 2.64. The van der Waals surface area contributed by atoms with E-state index in [-0.39, 0.29) is 0 Å². The summed E-state index contributed by atoms with van der Waals surface area (Å²) >= 11 is 1.89. The van der Waals surface area contributed by atoms with E-state index in [1.54, 1.807) is 0 Å². The fraction of sp³-hybridized carbons (Fsp3) is 0. The molecule has 0 saturated carbocycles. The van der Waals surface area contributed by atoms with E-state index in [1.807, 2.05) is 11.3 Å². The Balaban J connectivity index is 1.19. The maximum atomic E-state index is 2.49. The third-order valence-corrected chi connectivity index (χ3v) is 10.2. The van der Waals surface area contributed by atoms with Gasteiger partial charge < -0.3 is 4.57 Å². The second kappa shape index (κ2) is 8.57. The van der Waals surface area contributed by atoms with Gasteiger partial charge in [-0.05, 0) is 65.2 Å². The van der Waals surface area contributed by atoms with E-state index in [0.29, 0.717) is 0 Å². The molecule has 0 unspecified atom stereocenters. The number of hydrogen-bond donors (Lipinski definition) is 0. The Labute approximate surface area is 251 Å². The molecule has 0 bridgehead atoms. The zero-order valence-corrected chi connectivity index (χ0v) is 24.0. The summed E-state index contributed by atoms with van der Waals surface area (Å²) in [6.07, 6.45) is 0. The highest BCUT2D eigenvalue weighted by Gasteiger charge is 2.20. The SMILES string of the molecule is c1ccc(-c2cc3c4cccc5c6cc(-c7ccc8c(c7)c7ccccc7n8-c7ccccc7)ccc6n(c3s2)c54)cc1. The topological polar surface area (TPSA) is 9.34 Å². The van der Waals surface area contributed by atoms with Crippen LogP contribution in [0.1, 0.15) is 0 Å². The predicted octanol–water partition coefficient (Wildman–Crippen LogP) is 11.3. The molecule has 10 rings (SSSR count). The molecule has 4 aromatic heterocycles. The molecule has 0 atom stereocenters. The van der Waals surface area contributed by atoms with Crippen LogP contribution in [-0.2, 0) is 0 Å². The first kappa shape index (κ1) is 23.2. The van der Waals surface area contributed by atoms with Crippen molar-refractivity contribution in [1.82, 2.24) is 8.97 Å². The molecule has 0 saturated heterocycles. The molecule has 0 aliphatic heterocycles. The Morgan fingerprint density at radius 2 is 1.00 bits per heavy atom. The average Bonchev–Trinajstić information content (AvgIpc) is 3.81. The van der Waals surface area contributed by atoms with Crippen molar-refractivity contribution in [3.63, 3.8) is 0 Å². The van der Waals surface area contributed by atoms with Crippen molar-refractivity contribution in [3.8, 4) is 27.3 Å². The summed E-state index contributed by atoms with van der Waals surface area (Å²) in [6.45, 7) is 0. The van der Waals surface area contributed by atoms with E-state index < -0.39 is 0 Å². The molecule has 0 amide bonds. The number of rotatable bonds is 3. The Kier molecular flexibility index (Phi) is 4.63. The van der Waals surface area contributed by atoms with Crippen LogP contribution in [0.3, 0.4) is 0 Å². The number of thiophene rings is 1. The van der Waals surface area contributed by atoms with Gasteiger partial charge in [-0.1, -0.05) is 97.1 Å². The largest absolute Gasteiger partial charge is 0.309 e. The molecule has 2 nitrogen and oxygen atoms in total. The van der Waals surface area contributed by atoms with Crippen molar-refractivity contribution in [1.29, 1.82) is 0 Å². The normalized spacial score (nSPS) is 12.2. The van der Waals surface area contributed by atoms with Crippen molar-refractivity contribution in [2.75, 3.05) is 0 Å². The van der Waals surface area contributed by atoms with Gasteiger partial charge in [-0.25, -0.2) is 0 Å². The van der Waals surface area contributed by atoms with Gasteiger partial charge in [-0.3, -0.25) is 4.40 Å². The van der Waals surface area contributed by atoms with E-state index in [0.717, 1.165) is 0 Å². The third-order valence-electron chi connectivity index (χ3n) is 9.07. The first-order chi connectivity index (χ1) is 21.3. The van der Waals surface area contributed by atoms with E-state index in [4.69, 9.17) is 0 Å². The fourth-order valence-corrected chi connectivity index (χ4v) is 8.37. The molecule has 0 fully saturated rings. The summed E-state index contributed by atoms with van der Waals surface area (Å²) in [5, 5.41) is 7.86. The van der Waals surface area contributed by atoms with E-state index in [2.05, 4.69) is 155 Å². The van der Waals surface area contributed by atoms with Gasteiger partial charge in [0.2, 0.25) is 0 Å². The van der Waals surface area contributed by atoms with Crippen molar-refractivity contribution in [2.24, 2.45) is 0 Å². The minimum absolute atomic E-state index is 1.18. The van der Waals surface area contributed by atoms with Gasteiger partial charge in [-0.2, -0.15) is 0 Å². The highest BCUT2D eigenvalue weighted by molar-refractivity contribution is 7.22. The third kappa shape index (κ3) is 3.17. The average molecular weight is 565 g/mol. The molecule has 0 radical (unpaired) electrons. The van der Waals surface area contributed by atoms with Crippen molar-refractivity contribution in [3.05, 3.63) is 146 Å². The first-order valence-electron chi connectivity index (χ1n) is 14.7. The predicted molar refractivity (Wildman–Crippen MR) is 184 cm³/mol. The second-order valence-electron chi connectivity index (χ2n) is 11.4. The quantitative estimate of drug-likeness (QED) is 0.202. The van der Waals surface area contributed by atoms with Gasteiger partial charge >= 0.3 is 0 Å². The highest BCUT2D eigenvalue weighted by atomic mass is 32.1. The Bertz CT molecular complexity index is 2650. The zero-order valence-electron chi connectivity index (χ0n) is 23.2. The van der Waals surface area contributed by atoms with E-state index >= 15 is 0 Å². The molecule has 0 spiro atoms. The van der Waals surface area contributed by atoms with Crippen LogP contribution in [-0.4, -0.2) is 8.97 Å². The smallest absolute Gasteiger partial charge is 0.109 e. The van der Waals surface area contributed by atoms with Crippen molar-refractivity contribution in [2.45, 2.75) is 0 Å². The number of fused-ring (bicyclic) bond motifs is 9. The lowest BCUT2D eigenvalue weighted by molar-refractivity contribution is 1.18. The molecule has 4 heterocycles. The molecular weight excluding hydrogens is 541 g/mol. The van der Waals surface area contributed by atoms with Crippen LogP contribution >= 0.6 is 11.3 Å². The maximum Gasteiger partial charge on any atom is 0.109 e. The Hall–Kier alpha value is -5.38. The van der Waals surface area contributed by atoms with Crippen LogP contribution in [0.15, 0.2) is 146 Å². The monoisotopic (exact) mass is 564 g/mol. The summed E-state index contributed by atoms with van der Waals surface area (Å²) < 4.78 is 4.87. The number of para-hydroxylation sites is 3. The number of hydrogen-bond acceptors (Lipinski definition) is 1.